The molecule has 164 valence electrons. The third-order valence-corrected chi connectivity index (χ3v) is 7.05. The molecule has 0 saturated heterocycles. The zero-order valence-corrected chi connectivity index (χ0v) is 19.3. The van der Waals surface area contributed by atoms with Gasteiger partial charge in [-0.3, -0.25) is 14.2 Å². The number of nitrogens with one attached hydrogen (secondary N) is 1. The zero-order chi connectivity index (χ0) is 22.7. The van der Waals surface area contributed by atoms with Gasteiger partial charge in [-0.15, -0.1) is 11.3 Å². The van der Waals surface area contributed by atoms with Crippen molar-refractivity contribution in [1.82, 2.24) is 14.9 Å². The quantitative estimate of drug-likeness (QED) is 0.315. The number of aromatic nitrogens is 2. The van der Waals surface area contributed by atoms with E-state index in [1.54, 1.807) is 61.6 Å². The lowest BCUT2D eigenvalue weighted by Gasteiger charge is -2.17. The number of thioether (sulfide) groups is 1. The Hall–Kier alpha value is -2.97. The van der Waals surface area contributed by atoms with Crippen LogP contribution in [0, 0.1) is 12.7 Å². The van der Waals surface area contributed by atoms with Crippen molar-refractivity contribution in [2.45, 2.75) is 30.7 Å². The van der Waals surface area contributed by atoms with Crippen molar-refractivity contribution in [3.63, 3.8) is 0 Å². The fourth-order valence-corrected chi connectivity index (χ4v) is 4.92. The Labute approximate surface area is 193 Å². The number of para-hydroxylation sites is 1. The lowest BCUT2D eigenvalue weighted by molar-refractivity contribution is -0.120. The van der Waals surface area contributed by atoms with Crippen LogP contribution in [0.1, 0.15) is 17.4 Å². The summed E-state index contributed by atoms with van der Waals surface area (Å²) >= 11 is 2.83. The van der Waals surface area contributed by atoms with E-state index in [-0.39, 0.29) is 11.5 Å². The van der Waals surface area contributed by atoms with Gasteiger partial charge in [0.1, 0.15) is 5.82 Å². The molecule has 0 bridgehead atoms. The Kier molecular flexibility index (Phi) is 6.72. The summed E-state index contributed by atoms with van der Waals surface area (Å²) in [6, 6.07) is 15.7. The molecule has 0 saturated carbocycles. The van der Waals surface area contributed by atoms with Crippen LogP contribution in [0.4, 0.5) is 4.39 Å². The maximum Gasteiger partial charge on any atom is 0.266 e. The summed E-state index contributed by atoms with van der Waals surface area (Å²) in [4.78, 5) is 31.8. The average Bonchev–Trinajstić information content (AvgIpc) is 3.29. The first-order valence-electron chi connectivity index (χ1n) is 10.2. The summed E-state index contributed by atoms with van der Waals surface area (Å²) in [5.41, 5.74) is 1.10. The molecule has 2 heterocycles. The lowest BCUT2D eigenvalue weighted by Crippen LogP contribution is -2.33. The van der Waals surface area contributed by atoms with Crippen LogP contribution in [0.5, 0.6) is 0 Å². The molecule has 32 heavy (non-hydrogen) atoms. The van der Waals surface area contributed by atoms with E-state index in [0.717, 1.165) is 6.42 Å². The maximum atomic E-state index is 14.3. The van der Waals surface area contributed by atoms with Crippen molar-refractivity contribution in [2.24, 2.45) is 0 Å². The molecule has 0 aliphatic carbocycles. The molecular formula is C24H22FN3O2S2. The van der Waals surface area contributed by atoms with Crippen LogP contribution in [0.3, 0.4) is 0 Å². The Balaban J connectivity index is 1.63. The molecule has 1 amide bonds. The summed E-state index contributed by atoms with van der Waals surface area (Å²) in [5, 5.41) is 5.24. The number of rotatable bonds is 7. The van der Waals surface area contributed by atoms with Gasteiger partial charge < -0.3 is 5.32 Å². The Morgan fingerprint density at radius 2 is 2.03 bits per heavy atom. The maximum absolute atomic E-state index is 14.3. The highest BCUT2D eigenvalue weighted by atomic mass is 32.2. The van der Waals surface area contributed by atoms with Gasteiger partial charge in [-0.25, -0.2) is 9.37 Å². The molecule has 4 rings (SSSR count). The second-order valence-corrected chi connectivity index (χ2v) is 9.71. The molecule has 5 nitrogen and oxygen atoms in total. The molecule has 2 aromatic heterocycles. The van der Waals surface area contributed by atoms with Crippen LogP contribution in [0.25, 0.3) is 16.6 Å². The average molecular weight is 468 g/mol. The van der Waals surface area contributed by atoms with E-state index in [1.807, 2.05) is 17.5 Å². The topological polar surface area (TPSA) is 64.0 Å². The summed E-state index contributed by atoms with van der Waals surface area (Å²) in [7, 11) is 0. The second-order valence-electron chi connectivity index (χ2n) is 7.37. The molecule has 2 aromatic carbocycles. The van der Waals surface area contributed by atoms with Gasteiger partial charge in [-0.1, -0.05) is 36.0 Å². The molecule has 0 aliphatic rings. The number of halogens is 1. The van der Waals surface area contributed by atoms with Crippen molar-refractivity contribution in [1.29, 1.82) is 0 Å². The van der Waals surface area contributed by atoms with Crippen molar-refractivity contribution in [3.8, 4) is 5.69 Å². The fraction of sp³-hybridized carbons (Fsp3) is 0.208. The summed E-state index contributed by atoms with van der Waals surface area (Å²) < 4.78 is 15.7. The number of fused-ring (bicyclic) bond motifs is 1. The van der Waals surface area contributed by atoms with Gasteiger partial charge in [-0.05, 0) is 61.5 Å². The molecule has 0 fully saturated rings. The monoisotopic (exact) mass is 467 g/mol. The van der Waals surface area contributed by atoms with Crippen molar-refractivity contribution >= 4 is 39.9 Å². The van der Waals surface area contributed by atoms with Crippen LogP contribution in [0.15, 0.2) is 69.9 Å². The number of amides is 1. The van der Waals surface area contributed by atoms with Crippen LogP contribution >= 0.6 is 23.1 Å². The minimum atomic E-state index is -0.493. The zero-order valence-electron chi connectivity index (χ0n) is 17.7. The van der Waals surface area contributed by atoms with Crippen molar-refractivity contribution in [3.05, 3.63) is 86.6 Å². The smallest absolute Gasteiger partial charge is 0.266 e. The number of nitrogens with zero attached hydrogens (tertiary/aromatic N) is 2. The van der Waals surface area contributed by atoms with Crippen molar-refractivity contribution < 1.29 is 9.18 Å². The minimum Gasteiger partial charge on any atom is -0.355 e. The molecular weight excluding hydrogens is 445 g/mol. The third-order valence-electron chi connectivity index (χ3n) is 5.06. The standard InChI is InChI=1S/C24H22FN3O2S2/c1-15-9-10-17(14-20(15)25)28-23(30)19-7-3-4-8-21(19)27-24(28)32-16(2)22(29)26-12-11-18-6-5-13-31-18/h3-10,13-14,16H,11-12H2,1-2H3,(H,26,29). The van der Waals surface area contributed by atoms with Gasteiger partial charge in [0.05, 0.1) is 21.8 Å². The van der Waals surface area contributed by atoms with E-state index in [9.17, 15) is 14.0 Å². The number of hydrogen-bond donors (Lipinski definition) is 1. The summed E-state index contributed by atoms with van der Waals surface area (Å²) in [6.07, 6.45) is 0.766. The minimum absolute atomic E-state index is 0.143. The molecule has 4 aromatic rings. The van der Waals surface area contributed by atoms with E-state index < -0.39 is 11.1 Å². The van der Waals surface area contributed by atoms with Crippen LogP contribution in [-0.2, 0) is 11.2 Å². The molecule has 0 aliphatic heterocycles. The predicted octanol–water partition coefficient (Wildman–Crippen LogP) is 4.73. The number of carbonyl (C=O) groups is 1. The SMILES string of the molecule is Cc1ccc(-n2c(SC(C)C(=O)NCCc3cccs3)nc3ccccc3c2=O)cc1F. The summed E-state index contributed by atoms with van der Waals surface area (Å²) in [5.74, 6) is -0.548. The van der Waals surface area contributed by atoms with E-state index in [4.69, 9.17) is 0 Å². The largest absolute Gasteiger partial charge is 0.355 e. The lowest BCUT2D eigenvalue weighted by atomic mass is 10.2. The van der Waals surface area contributed by atoms with Gasteiger partial charge in [-0.2, -0.15) is 0 Å². The first kappa shape index (κ1) is 22.2. The van der Waals surface area contributed by atoms with Gasteiger partial charge in [0.2, 0.25) is 5.91 Å². The van der Waals surface area contributed by atoms with Crippen LogP contribution in [0.2, 0.25) is 0 Å². The number of benzene rings is 2. The first-order valence-corrected chi connectivity index (χ1v) is 11.9. The number of carbonyl (C=O) groups excluding carboxylic acids is 1. The third kappa shape index (κ3) is 4.76. The number of aryl methyl sites for hydroxylation is 1. The highest BCUT2D eigenvalue weighted by molar-refractivity contribution is 8.00. The predicted molar refractivity (Wildman–Crippen MR) is 128 cm³/mol. The molecule has 1 atom stereocenters. The molecule has 8 heteroatoms. The normalized spacial score (nSPS) is 12.1. The van der Waals surface area contributed by atoms with Crippen molar-refractivity contribution in [2.75, 3.05) is 6.54 Å². The number of thiophene rings is 1. The molecule has 1 N–H and O–H groups in total. The highest BCUT2D eigenvalue weighted by Gasteiger charge is 2.20. The molecule has 1 unspecified atom stereocenters. The second kappa shape index (κ2) is 9.67. The Morgan fingerprint density at radius 3 is 2.78 bits per heavy atom. The molecule has 0 radical (unpaired) electrons. The Bertz CT molecular complexity index is 1320. The Morgan fingerprint density at radius 1 is 1.22 bits per heavy atom. The van der Waals surface area contributed by atoms with E-state index in [0.29, 0.717) is 33.9 Å². The highest BCUT2D eigenvalue weighted by Crippen LogP contribution is 2.26. The van der Waals surface area contributed by atoms with E-state index in [1.165, 1.54) is 27.3 Å². The van der Waals surface area contributed by atoms with Gasteiger partial charge in [0.15, 0.2) is 5.16 Å². The van der Waals surface area contributed by atoms with Gasteiger partial charge in [0, 0.05) is 11.4 Å². The van der Waals surface area contributed by atoms with Gasteiger partial charge >= 0.3 is 0 Å². The first-order chi connectivity index (χ1) is 15.4. The van der Waals surface area contributed by atoms with E-state index in [2.05, 4.69) is 10.3 Å². The van der Waals surface area contributed by atoms with E-state index >= 15 is 0 Å². The molecule has 0 spiro atoms. The summed E-state index contributed by atoms with van der Waals surface area (Å²) in [6.45, 7) is 3.97. The van der Waals surface area contributed by atoms with Gasteiger partial charge in [0.25, 0.3) is 5.56 Å². The fourth-order valence-electron chi connectivity index (χ4n) is 3.26. The van der Waals surface area contributed by atoms with Crippen LogP contribution < -0.4 is 10.9 Å². The van der Waals surface area contributed by atoms with Crippen LogP contribution in [-0.4, -0.2) is 27.3 Å². The number of hydrogen-bond acceptors (Lipinski definition) is 5.